The van der Waals surface area contributed by atoms with Crippen LogP contribution >= 0.6 is 15.9 Å². The van der Waals surface area contributed by atoms with E-state index in [1.807, 2.05) is 31.2 Å². The Balaban J connectivity index is 2.43. The van der Waals surface area contributed by atoms with Crippen molar-refractivity contribution in [1.82, 2.24) is 0 Å². The molecule has 4 heteroatoms. The van der Waals surface area contributed by atoms with E-state index in [4.69, 9.17) is 9.84 Å². The van der Waals surface area contributed by atoms with Crippen LogP contribution in [0.5, 0.6) is 5.75 Å². The van der Waals surface area contributed by atoms with Crippen molar-refractivity contribution in [3.63, 3.8) is 0 Å². The van der Waals surface area contributed by atoms with Crippen molar-refractivity contribution < 1.29 is 14.9 Å². The largest absolute Gasteiger partial charge is 0.493 e. The van der Waals surface area contributed by atoms with E-state index in [0.717, 1.165) is 10.2 Å². The molecule has 1 rings (SSSR count). The molecular weight excluding hydrogens is 260 g/mol. The zero-order valence-corrected chi connectivity index (χ0v) is 10.1. The molecule has 0 saturated carbocycles. The molecule has 0 aliphatic rings. The molecule has 2 N–H and O–H groups in total. The summed E-state index contributed by atoms with van der Waals surface area (Å²) in [6.45, 7) is 1.99. The Morgan fingerprint density at radius 2 is 2.20 bits per heavy atom. The predicted octanol–water partition coefficient (Wildman–Crippen LogP) is 1.82. The van der Waals surface area contributed by atoms with Crippen molar-refractivity contribution in [3.8, 4) is 5.75 Å². The quantitative estimate of drug-likeness (QED) is 0.861. The first kappa shape index (κ1) is 12.5. The minimum absolute atomic E-state index is 0.0889. The maximum Gasteiger partial charge on any atom is 0.120 e. The number of halogens is 1. The molecule has 1 aromatic rings. The molecule has 0 spiro atoms. The zero-order chi connectivity index (χ0) is 11.3. The minimum Gasteiger partial charge on any atom is -0.493 e. The van der Waals surface area contributed by atoms with Gasteiger partial charge >= 0.3 is 0 Å². The average Bonchev–Trinajstić information content (AvgIpc) is 2.25. The molecule has 2 unspecified atom stereocenters. The molecule has 3 nitrogen and oxygen atoms in total. The average molecular weight is 275 g/mol. The van der Waals surface area contributed by atoms with Crippen molar-refractivity contribution in [2.24, 2.45) is 5.92 Å². The lowest BCUT2D eigenvalue weighted by Gasteiger charge is -2.17. The summed E-state index contributed by atoms with van der Waals surface area (Å²) in [5.74, 6) is 0.662. The van der Waals surface area contributed by atoms with Gasteiger partial charge in [-0.3, -0.25) is 0 Å². The van der Waals surface area contributed by atoms with Crippen LogP contribution in [0.1, 0.15) is 6.92 Å². The topological polar surface area (TPSA) is 49.7 Å². The molecule has 0 aliphatic heterocycles. The van der Waals surface area contributed by atoms with E-state index in [9.17, 15) is 5.11 Å². The first-order valence-electron chi connectivity index (χ1n) is 4.80. The molecule has 0 amide bonds. The van der Waals surface area contributed by atoms with Crippen LogP contribution < -0.4 is 4.74 Å². The number of aliphatic hydroxyl groups excluding tert-OH is 2. The van der Waals surface area contributed by atoms with Crippen molar-refractivity contribution in [2.75, 3.05) is 13.2 Å². The van der Waals surface area contributed by atoms with Crippen LogP contribution in [0.2, 0.25) is 0 Å². The molecule has 0 bridgehead atoms. The van der Waals surface area contributed by atoms with Crippen molar-refractivity contribution in [1.29, 1.82) is 0 Å². The fraction of sp³-hybridized carbons (Fsp3) is 0.455. The zero-order valence-electron chi connectivity index (χ0n) is 8.56. The van der Waals surface area contributed by atoms with Crippen molar-refractivity contribution >= 4 is 15.9 Å². The summed E-state index contributed by atoms with van der Waals surface area (Å²) in [5.41, 5.74) is 0. The third-order valence-electron chi connectivity index (χ3n) is 2.15. The van der Waals surface area contributed by atoms with Crippen LogP contribution in [-0.2, 0) is 0 Å². The summed E-state index contributed by atoms with van der Waals surface area (Å²) >= 11 is 3.34. The SMILES string of the molecule is CC(COc1cccc(Br)c1)C(O)CO. The van der Waals surface area contributed by atoms with Gasteiger partial charge in [0.15, 0.2) is 0 Å². The molecule has 0 saturated heterocycles. The smallest absolute Gasteiger partial charge is 0.120 e. The highest BCUT2D eigenvalue weighted by molar-refractivity contribution is 9.10. The second-order valence-electron chi connectivity index (χ2n) is 3.50. The third kappa shape index (κ3) is 4.20. The fourth-order valence-corrected chi connectivity index (χ4v) is 1.45. The molecule has 84 valence electrons. The van der Waals surface area contributed by atoms with Crippen LogP contribution in [0.15, 0.2) is 28.7 Å². The maximum absolute atomic E-state index is 9.32. The van der Waals surface area contributed by atoms with Gasteiger partial charge in [-0.05, 0) is 18.2 Å². The van der Waals surface area contributed by atoms with E-state index in [2.05, 4.69) is 15.9 Å². The van der Waals surface area contributed by atoms with Crippen molar-refractivity contribution in [3.05, 3.63) is 28.7 Å². The summed E-state index contributed by atoms with van der Waals surface area (Å²) in [5, 5.41) is 18.1. The minimum atomic E-state index is -0.725. The van der Waals surface area contributed by atoms with E-state index in [0.29, 0.717) is 6.61 Å². The highest BCUT2D eigenvalue weighted by Crippen LogP contribution is 2.18. The van der Waals surface area contributed by atoms with Crippen molar-refractivity contribution in [2.45, 2.75) is 13.0 Å². The summed E-state index contributed by atoms with van der Waals surface area (Å²) in [7, 11) is 0. The monoisotopic (exact) mass is 274 g/mol. The van der Waals surface area contributed by atoms with E-state index >= 15 is 0 Å². The van der Waals surface area contributed by atoms with Gasteiger partial charge in [-0.15, -0.1) is 0 Å². The Bertz CT molecular complexity index is 304. The first-order valence-corrected chi connectivity index (χ1v) is 5.60. The Kier molecular flexibility index (Phi) is 5.08. The Labute approximate surface area is 97.8 Å². The molecule has 0 aliphatic carbocycles. The number of hydrogen-bond acceptors (Lipinski definition) is 3. The Hall–Kier alpha value is -0.580. The van der Waals surface area contributed by atoms with E-state index in [-0.39, 0.29) is 12.5 Å². The van der Waals surface area contributed by atoms with Crippen LogP contribution in [0, 0.1) is 5.92 Å². The molecule has 0 heterocycles. The number of benzene rings is 1. The first-order chi connectivity index (χ1) is 7.13. The molecule has 1 aromatic carbocycles. The van der Waals surface area contributed by atoms with Gasteiger partial charge in [0.2, 0.25) is 0 Å². The van der Waals surface area contributed by atoms with E-state index < -0.39 is 6.10 Å². The van der Waals surface area contributed by atoms with Crippen LogP contribution in [0.4, 0.5) is 0 Å². The maximum atomic E-state index is 9.32. The van der Waals surface area contributed by atoms with Gasteiger partial charge in [0, 0.05) is 10.4 Å². The van der Waals surface area contributed by atoms with Gasteiger partial charge < -0.3 is 14.9 Å². The molecular formula is C11H15BrO3. The second kappa shape index (κ2) is 6.10. The lowest BCUT2D eigenvalue weighted by molar-refractivity contribution is 0.0348. The van der Waals surface area contributed by atoms with Crippen LogP contribution in [0.25, 0.3) is 0 Å². The molecule has 0 aromatic heterocycles. The van der Waals surface area contributed by atoms with Gasteiger partial charge in [0.1, 0.15) is 5.75 Å². The number of aliphatic hydroxyl groups is 2. The second-order valence-corrected chi connectivity index (χ2v) is 4.41. The summed E-state index contributed by atoms with van der Waals surface area (Å²) in [4.78, 5) is 0. The highest BCUT2D eigenvalue weighted by atomic mass is 79.9. The van der Waals surface area contributed by atoms with E-state index in [1.165, 1.54) is 0 Å². The Morgan fingerprint density at radius 1 is 1.47 bits per heavy atom. The van der Waals surface area contributed by atoms with Crippen LogP contribution in [-0.4, -0.2) is 29.5 Å². The summed E-state index contributed by atoms with van der Waals surface area (Å²) in [6, 6.07) is 7.51. The fourth-order valence-electron chi connectivity index (χ4n) is 1.08. The molecule has 0 radical (unpaired) electrons. The summed E-state index contributed by atoms with van der Waals surface area (Å²) < 4.78 is 6.42. The molecule has 15 heavy (non-hydrogen) atoms. The summed E-state index contributed by atoms with van der Waals surface area (Å²) in [6.07, 6.45) is -0.725. The van der Waals surface area contributed by atoms with Gasteiger partial charge in [0.25, 0.3) is 0 Å². The third-order valence-corrected chi connectivity index (χ3v) is 2.65. The van der Waals surface area contributed by atoms with Gasteiger partial charge in [-0.25, -0.2) is 0 Å². The molecule has 2 atom stereocenters. The number of rotatable bonds is 5. The van der Waals surface area contributed by atoms with Gasteiger partial charge in [0.05, 0.1) is 19.3 Å². The molecule has 0 fully saturated rings. The lowest BCUT2D eigenvalue weighted by Crippen LogP contribution is -2.26. The normalized spacial score (nSPS) is 14.7. The number of hydrogen-bond donors (Lipinski definition) is 2. The standard InChI is InChI=1S/C11H15BrO3/c1-8(11(14)6-13)7-15-10-4-2-3-9(12)5-10/h2-5,8,11,13-14H,6-7H2,1H3. The predicted molar refractivity (Wildman–Crippen MR) is 61.9 cm³/mol. The number of ether oxygens (including phenoxy) is 1. The highest BCUT2D eigenvalue weighted by Gasteiger charge is 2.13. The lowest BCUT2D eigenvalue weighted by atomic mass is 10.1. The van der Waals surface area contributed by atoms with E-state index in [1.54, 1.807) is 0 Å². The van der Waals surface area contributed by atoms with Gasteiger partial charge in [-0.1, -0.05) is 28.9 Å². The Morgan fingerprint density at radius 3 is 2.80 bits per heavy atom. The van der Waals surface area contributed by atoms with Crippen LogP contribution in [0.3, 0.4) is 0 Å². The van der Waals surface area contributed by atoms with Gasteiger partial charge in [-0.2, -0.15) is 0 Å².